The Labute approximate surface area is 291 Å². The smallest absolute Gasteiger partial charge is 0.410 e. The standard InChI is InChI=1S/C16H22N2O4.C14H17NO4.C2H7NO.CH3I/c1-17(21-2)15(19)14-9-6-10-18(11-14)16(20)22-12-13-7-4-3-5-8-13;16-13(17)12-7-4-8-15(9-12)14(18)19-10-11-5-2-1-3-6-11;1-3-4-2;1-2/h3-5,7-8,14H,6,9-12H2,1-2H3;1-3,5-6,12H,4,7-10H2,(H,16,17);3H,1-2H3;1H3. The Morgan fingerprint density at radius 2 is 1.21 bits per heavy atom. The van der Waals surface area contributed by atoms with Crippen LogP contribution in [-0.4, -0.2) is 103 Å². The highest BCUT2D eigenvalue weighted by Crippen LogP contribution is 2.20. The van der Waals surface area contributed by atoms with Crippen LogP contribution in [0.4, 0.5) is 9.59 Å². The van der Waals surface area contributed by atoms with Crippen molar-refractivity contribution in [3.05, 3.63) is 71.8 Å². The molecule has 2 aromatic carbocycles. The molecule has 262 valence electrons. The molecule has 4 rings (SSSR count). The third-order valence-electron chi connectivity index (χ3n) is 7.26. The molecule has 0 saturated carbocycles. The van der Waals surface area contributed by atoms with Gasteiger partial charge in [-0.15, -0.1) is 0 Å². The summed E-state index contributed by atoms with van der Waals surface area (Å²) in [6.45, 7) is 2.26. The summed E-state index contributed by atoms with van der Waals surface area (Å²) >= 11 is 2.15. The molecule has 0 bridgehead atoms. The summed E-state index contributed by atoms with van der Waals surface area (Å²) in [5, 5.41) is 10.2. The lowest BCUT2D eigenvalue weighted by Crippen LogP contribution is -2.45. The van der Waals surface area contributed by atoms with Crippen molar-refractivity contribution in [3.8, 4) is 0 Å². The van der Waals surface area contributed by atoms with Crippen LogP contribution in [0.25, 0.3) is 0 Å². The van der Waals surface area contributed by atoms with Gasteiger partial charge in [-0.1, -0.05) is 83.3 Å². The molecule has 0 radical (unpaired) electrons. The molecule has 2 saturated heterocycles. The predicted octanol–water partition coefficient (Wildman–Crippen LogP) is 4.99. The number of hydrogen-bond donors (Lipinski definition) is 2. The quantitative estimate of drug-likeness (QED) is 0.214. The maximum Gasteiger partial charge on any atom is 0.410 e. The molecule has 0 aliphatic carbocycles. The predicted molar refractivity (Wildman–Crippen MR) is 185 cm³/mol. The molecule has 2 atom stereocenters. The van der Waals surface area contributed by atoms with Crippen LogP contribution in [0.15, 0.2) is 60.7 Å². The maximum atomic E-state index is 12.1. The molecule has 2 heterocycles. The Kier molecular flexibility index (Phi) is 21.8. The van der Waals surface area contributed by atoms with Gasteiger partial charge in [0.25, 0.3) is 5.91 Å². The van der Waals surface area contributed by atoms with Crippen LogP contribution >= 0.6 is 22.6 Å². The average Bonchev–Trinajstić information content (AvgIpc) is 3.14. The lowest BCUT2D eigenvalue weighted by molar-refractivity contribution is -0.174. The van der Waals surface area contributed by atoms with Gasteiger partial charge in [0.05, 0.1) is 26.1 Å². The van der Waals surface area contributed by atoms with Crippen molar-refractivity contribution in [1.29, 1.82) is 0 Å². The first kappa shape index (κ1) is 41.6. The molecule has 2 aliphatic heterocycles. The van der Waals surface area contributed by atoms with Gasteiger partial charge >= 0.3 is 18.2 Å². The maximum absolute atomic E-state index is 12.1. The van der Waals surface area contributed by atoms with Gasteiger partial charge in [-0.3, -0.25) is 14.4 Å². The van der Waals surface area contributed by atoms with E-state index in [1.54, 1.807) is 26.1 Å². The van der Waals surface area contributed by atoms with E-state index in [2.05, 4.69) is 32.9 Å². The Bertz CT molecular complexity index is 1180. The third kappa shape index (κ3) is 16.3. The molecule has 3 amide bonds. The Morgan fingerprint density at radius 1 is 0.809 bits per heavy atom. The van der Waals surface area contributed by atoms with Gasteiger partial charge in [0.15, 0.2) is 0 Å². The number of hydroxylamine groups is 3. The molecule has 14 heteroatoms. The molecule has 0 spiro atoms. The van der Waals surface area contributed by atoms with E-state index >= 15 is 0 Å². The van der Waals surface area contributed by atoms with Gasteiger partial charge in [0.1, 0.15) is 13.2 Å². The lowest BCUT2D eigenvalue weighted by atomic mass is 9.97. The van der Waals surface area contributed by atoms with Gasteiger partial charge in [-0.2, -0.15) is 0 Å². The number of carbonyl (C=O) groups excluding carboxylic acids is 3. The van der Waals surface area contributed by atoms with E-state index < -0.39 is 18.0 Å². The number of nitrogens with one attached hydrogen (secondary N) is 1. The Hall–Kier alpha value is -3.47. The van der Waals surface area contributed by atoms with Crippen molar-refractivity contribution in [2.24, 2.45) is 11.8 Å². The largest absolute Gasteiger partial charge is 0.481 e. The van der Waals surface area contributed by atoms with Gasteiger partial charge in [-0.05, 0) is 41.7 Å². The highest BCUT2D eigenvalue weighted by atomic mass is 127. The number of nitrogens with zero attached hydrogens (tertiary/aromatic N) is 3. The van der Waals surface area contributed by atoms with Gasteiger partial charge in [-0.25, -0.2) is 20.1 Å². The van der Waals surface area contributed by atoms with Crippen LogP contribution in [0, 0.1) is 11.8 Å². The van der Waals surface area contributed by atoms with Crippen LogP contribution in [0.1, 0.15) is 36.8 Å². The number of carboxylic acid groups (broad SMARTS) is 1. The highest BCUT2D eigenvalue weighted by Gasteiger charge is 2.31. The minimum absolute atomic E-state index is 0.108. The minimum Gasteiger partial charge on any atom is -0.481 e. The fourth-order valence-corrected chi connectivity index (χ4v) is 4.66. The average molecular weight is 773 g/mol. The minimum atomic E-state index is -0.847. The molecule has 2 aliphatic rings. The number of amides is 3. The monoisotopic (exact) mass is 772 g/mol. The van der Waals surface area contributed by atoms with Crippen LogP contribution in [-0.2, 0) is 42.0 Å². The molecule has 13 nitrogen and oxygen atoms in total. The van der Waals surface area contributed by atoms with E-state index in [1.165, 1.54) is 17.1 Å². The van der Waals surface area contributed by atoms with Crippen LogP contribution in [0.3, 0.4) is 0 Å². The molecular formula is C33H49IN4O9. The summed E-state index contributed by atoms with van der Waals surface area (Å²) in [5.41, 5.74) is 4.29. The number of aliphatic carboxylic acids is 1. The summed E-state index contributed by atoms with van der Waals surface area (Å²) in [6.07, 6.45) is 2.06. The van der Waals surface area contributed by atoms with E-state index in [0.29, 0.717) is 32.5 Å². The molecule has 2 unspecified atom stereocenters. The summed E-state index contributed by atoms with van der Waals surface area (Å²) in [6, 6.07) is 18.9. The van der Waals surface area contributed by atoms with Gasteiger partial charge < -0.3 is 29.2 Å². The molecule has 2 N–H and O–H groups in total. The zero-order valence-electron chi connectivity index (χ0n) is 27.9. The third-order valence-corrected chi connectivity index (χ3v) is 7.26. The summed E-state index contributed by atoms with van der Waals surface area (Å²) in [7, 11) is 6.31. The fourth-order valence-electron chi connectivity index (χ4n) is 4.66. The van der Waals surface area contributed by atoms with Crippen molar-refractivity contribution in [2.75, 3.05) is 59.4 Å². The van der Waals surface area contributed by atoms with Crippen molar-refractivity contribution in [1.82, 2.24) is 20.3 Å². The number of ether oxygens (including phenoxy) is 2. The van der Waals surface area contributed by atoms with E-state index in [1.807, 2.05) is 65.6 Å². The number of alkyl halides is 1. The fraction of sp³-hybridized carbons (Fsp3) is 0.515. The normalized spacial score (nSPS) is 16.8. The Morgan fingerprint density at radius 3 is 1.60 bits per heavy atom. The van der Waals surface area contributed by atoms with E-state index in [0.717, 1.165) is 24.0 Å². The second-order valence-corrected chi connectivity index (χ2v) is 10.4. The number of hydrogen-bond acceptors (Lipinski definition) is 9. The lowest BCUT2D eigenvalue weighted by Gasteiger charge is -2.32. The first-order valence-corrected chi connectivity index (χ1v) is 17.4. The number of halogens is 1. The second-order valence-electron chi connectivity index (χ2n) is 10.4. The van der Waals surface area contributed by atoms with Crippen LogP contribution in [0.5, 0.6) is 0 Å². The van der Waals surface area contributed by atoms with Crippen LogP contribution in [0.2, 0.25) is 0 Å². The second kappa shape index (κ2) is 24.7. The van der Waals surface area contributed by atoms with Crippen molar-refractivity contribution in [2.45, 2.75) is 38.9 Å². The number of benzene rings is 2. The SMILES string of the molecule is CI.CNOC.CON(C)C(=O)C1CCCN(C(=O)OCc2ccccc2)C1.O=C(O)C1CCCN(C(=O)OCc2ccccc2)C1. The number of carbonyl (C=O) groups is 4. The number of carboxylic acids is 1. The zero-order valence-corrected chi connectivity index (χ0v) is 30.1. The molecule has 2 fully saturated rings. The summed E-state index contributed by atoms with van der Waals surface area (Å²) in [4.78, 5) is 61.2. The first-order valence-electron chi connectivity index (χ1n) is 15.2. The highest BCUT2D eigenvalue weighted by molar-refractivity contribution is 14.1. The molecular weight excluding hydrogens is 723 g/mol. The van der Waals surface area contributed by atoms with Crippen LogP contribution < -0.4 is 5.48 Å². The molecule has 47 heavy (non-hydrogen) atoms. The van der Waals surface area contributed by atoms with Crippen molar-refractivity contribution < 1.29 is 43.4 Å². The van der Waals surface area contributed by atoms with E-state index in [-0.39, 0.29) is 37.7 Å². The summed E-state index contributed by atoms with van der Waals surface area (Å²) < 4.78 is 10.5. The zero-order chi connectivity index (χ0) is 35.0. The molecule has 0 aromatic heterocycles. The van der Waals surface area contributed by atoms with E-state index in [9.17, 15) is 19.2 Å². The summed E-state index contributed by atoms with van der Waals surface area (Å²) in [5.74, 6) is -1.66. The number of likely N-dealkylation sites (tertiary alicyclic amines) is 2. The van der Waals surface area contributed by atoms with Gasteiger partial charge in [0.2, 0.25) is 0 Å². The van der Waals surface area contributed by atoms with Crippen molar-refractivity contribution >= 4 is 46.7 Å². The van der Waals surface area contributed by atoms with Crippen molar-refractivity contribution in [3.63, 3.8) is 0 Å². The Balaban J connectivity index is 0.000000406. The number of rotatable bonds is 8. The van der Waals surface area contributed by atoms with Gasteiger partial charge in [0, 0.05) is 40.3 Å². The van der Waals surface area contributed by atoms with E-state index in [4.69, 9.17) is 19.4 Å². The molecule has 2 aromatic rings. The number of piperidine rings is 2. The topological polar surface area (TPSA) is 147 Å². The first-order chi connectivity index (χ1) is 22.7.